The number of nitrogens with zero attached hydrogens (tertiary/aromatic N) is 4. The first-order valence-electron chi connectivity index (χ1n) is 13.7. The lowest BCUT2D eigenvalue weighted by Crippen LogP contribution is -2.34. The average Bonchev–Trinajstić information content (AvgIpc) is 3.25. The predicted octanol–water partition coefficient (Wildman–Crippen LogP) is 4.89. The van der Waals surface area contributed by atoms with Crippen molar-refractivity contribution in [1.82, 2.24) is 4.98 Å². The summed E-state index contributed by atoms with van der Waals surface area (Å²) < 4.78 is 34.0. The first kappa shape index (κ1) is 29.6. The number of hydrogen-bond donors (Lipinski definition) is 2. The number of unbranched alkanes of at least 4 members (excludes halogenated alkanes) is 2. The highest BCUT2D eigenvalue weighted by molar-refractivity contribution is 7.85. The number of aryl methyl sites for hydroxylation is 1. The number of fused-ring (bicyclic) bond motifs is 2. The van der Waals surface area contributed by atoms with E-state index in [0.29, 0.717) is 13.0 Å². The molecule has 4 rings (SSSR count). The zero-order chi connectivity index (χ0) is 29.1. The van der Waals surface area contributed by atoms with Crippen LogP contribution in [0.1, 0.15) is 70.9 Å². The molecule has 0 spiro atoms. The summed E-state index contributed by atoms with van der Waals surface area (Å²) in [4.78, 5) is 22.4. The molecule has 214 valence electrons. The number of hydrogen-bond acceptors (Lipinski definition) is 6. The molecular weight excluding hydrogens is 528 g/mol. The third kappa shape index (κ3) is 6.33. The maximum Gasteiger partial charge on any atom is 0.327 e. The maximum atomic E-state index is 11.3. The quantitative estimate of drug-likeness (QED) is 0.213. The molecule has 10 heteroatoms. The molecule has 2 aromatic rings. The smallest absolute Gasteiger partial charge is 0.327 e. The average molecular weight is 568 g/mol. The molecule has 0 radical (unpaired) electrons. The minimum absolute atomic E-state index is 0.198. The summed E-state index contributed by atoms with van der Waals surface area (Å²) in [5, 5.41) is 8.87. The lowest BCUT2D eigenvalue weighted by molar-refractivity contribution is -0.684. The molecule has 40 heavy (non-hydrogen) atoms. The molecule has 0 saturated carbocycles. The number of pyridine rings is 2. The summed E-state index contributed by atoms with van der Waals surface area (Å²) in [6.45, 7) is 9.77. The highest BCUT2D eigenvalue weighted by Gasteiger charge is 2.43. The Kier molecular flexibility index (Phi) is 8.60. The third-order valence-corrected chi connectivity index (χ3v) is 8.62. The van der Waals surface area contributed by atoms with E-state index in [2.05, 4.69) is 43.3 Å². The van der Waals surface area contributed by atoms with Crippen LogP contribution in [-0.4, -0.2) is 47.0 Å². The zero-order valence-corrected chi connectivity index (χ0v) is 24.5. The minimum Gasteiger partial charge on any atom is -0.481 e. The molecule has 4 heterocycles. The summed E-state index contributed by atoms with van der Waals surface area (Å²) in [7, 11) is -4.04. The van der Waals surface area contributed by atoms with E-state index in [1.807, 2.05) is 47.5 Å². The van der Waals surface area contributed by atoms with Gasteiger partial charge in [-0.1, -0.05) is 26.0 Å². The van der Waals surface area contributed by atoms with E-state index in [-0.39, 0.29) is 29.4 Å². The molecule has 0 saturated heterocycles. The van der Waals surface area contributed by atoms with Crippen LogP contribution in [0, 0.1) is 0 Å². The largest absolute Gasteiger partial charge is 0.481 e. The predicted molar refractivity (Wildman–Crippen MR) is 156 cm³/mol. The van der Waals surface area contributed by atoms with Crippen LogP contribution in [0.25, 0.3) is 0 Å². The Balaban J connectivity index is 1.57. The fraction of sp³-hybridized carbons (Fsp3) is 0.467. The lowest BCUT2D eigenvalue weighted by Gasteiger charge is -2.26. The SMILES string of the molecule is CC1(C)C(=CC=CC2=Nc3c(ccc[n+]3CCCCCC(=O)O)C2(C)C)N(CCCS(=O)(=O)O)c2ncccc21. The van der Waals surface area contributed by atoms with Crippen molar-refractivity contribution in [3.05, 3.63) is 71.7 Å². The first-order valence-corrected chi connectivity index (χ1v) is 15.3. The van der Waals surface area contributed by atoms with Crippen molar-refractivity contribution in [1.29, 1.82) is 0 Å². The Labute approximate surface area is 236 Å². The van der Waals surface area contributed by atoms with Gasteiger partial charge in [-0.3, -0.25) is 9.35 Å². The summed E-state index contributed by atoms with van der Waals surface area (Å²) in [6.07, 6.45) is 12.7. The number of aromatic nitrogens is 2. The summed E-state index contributed by atoms with van der Waals surface area (Å²) in [5.74, 6) is 0.673. The van der Waals surface area contributed by atoms with Crippen LogP contribution in [0.2, 0.25) is 0 Å². The van der Waals surface area contributed by atoms with Gasteiger partial charge in [0, 0.05) is 35.8 Å². The molecule has 0 fully saturated rings. The van der Waals surface area contributed by atoms with E-state index in [9.17, 15) is 17.8 Å². The van der Waals surface area contributed by atoms with Gasteiger partial charge in [-0.2, -0.15) is 8.42 Å². The standard InChI is InChI=1S/C30H38N4O5S/c1-29(2)23-13-10-19-33(18-7-5-6-16-26(35)36)28(23)32-24(29)14-8-15-25-30(3,4)22-12-9-17-31-27(22)34(25)20-11-21-40(37,38)39/h8-10,12-15,17,19H,5-7,11,16,18,20-21H2,1-4H3,(H-,35,36,37,38,39)/p+1. The lowest BCUT2D eigenvalue weighted by atomic mass is 9.82. The van der Waals surface area contributed by atoms with Crippen LogP contribution in [0.4, 0.5) is 11.6 Å². The maximum absolute atomic E-state index is 11.3. The Morgan fingerprint density at radius 2 is 1.80 bits per heavy atom. The highest BCUT2D eigenvalue weighted by atomic mass is 32.2. The molecule has 0 atom stereocenters. The van der Waals surface area contributed by atoms with Gasteiger partial charge in [0.2, 0.25) is 0 Å². The number of carboxylic acid groups (broad SMARTS) is 1. The van der Waals surface area contributed by atoms with E-state index in [4.69, 9.17) is 10.1 Å². The van der Waals surface area contributed by atoms with Gasteiger partial charge in [0.25, 0.3) is 10.1 Å². The van der Waals surface area contributed by atoms with Crippen LogP contribution in [0.15, 0.2) is 65.6 Å². The second kappa shape index (κ2) is 11.6. The highest BCUT2D eigenvalue weighted by Crippen LogP contribution is 2.46. The van der Waals surface area contributed by atoms with E-state index >= 15 is 0 Å². The molecule has 0 aromatic carbocycles. The summed E-state index contributed by atoms with van der Waals surface area (Å²) >= 11 is 0. The number of aliphatic carboxylic acids is 1. The van der Waals surface area contributed by atoms with Crippen molar-refractivity contribution in [3.63, 3.8) is 0 Å². The molecule has 2 aliphatic heterocycles. The van der Waals surface area contributed by atoms with Gasteiger partial charge in [-0.15, -0.1) is 0 Å². The number of carboxylic acids is 1. The van der Waals surface area contributed by atoms with E-state index in [1.54, 1.807) is 6.20 Å². The monoisotopic (exact) mass is 567 g/mol. The minimum atomic E-state index is -4.04. The summed E-state index contributed by atoms with van der Waals surface area (Å²) in [5.41, 5.74) is 3.52. The number of allylic oxidation sites excluding steroid dienone is 4. The fourth-order valence-corrected chi connectivity index (χ4v) is 6.05. The molecule has 0 amide bonds. The van der Waals surface area contributed by atoms with Gasteiger partial charge in [0.05, 0.1) is 29.5 Å². The van der Waals surface area contributed by atoms with Gasteiger partial charge < -0.3 is 10.0 Å². The van der Waals surface area contributed by atoms with Gasteiger partial charge in [0.15, 0.2) is 5.71 Å². The molecule has 0 unspecified atom stereocenters. The topological polar surface area (TPSA) is 124 Å². The molecule has 2 aliphatic rings. The molecule has 2 N–H and O–H groups in total. The van der Waals surface area contributed by atoms with E-state index < -0.39 is 16.1 Å². The van der Waals surface area contributed by atoms with Crippen LogP contribution in [0.5, 0.6) is 0 Å². The van der Waals surface area contributed by atoms with Crippen molar-refractivity contribution in [2.45, 2.75) is 77.2 Å². The number of rotatable bonds is 12. The Hall–Kier alpha value is -3.37. The fourth-order valence-electron chi connectivity index (χ4n) is 5.56. The molecular formula is C30H39N4O5S+. The Bertz CT molecular complexity index is 1470. The number of aliphatic imine (C=N–C) groups is 1. The molecule has 0 bridgehead atoms. The zero-order valence-electron chi connectivity index (χ0n) is 23.7. The molecule has 2 aromatic heterocycles. The first-order chi connectivity index (χ1) is 18.8. The third-order valence-electron chi connectivity index (χ3n) is 7.81. The number of carbonyl (C=O) groups is 1. The van der Waals surface area contributed by atoms with Crippen LogP contribution >= 0.6 is 0 Å². The van der Waals surface area contributed by atoms with E-state index in [1.165, 1.54) is 0 Å². The van der Waals surface area contributed by atoms with Gasteiger partial charge >= 0.3 is 11.8 Å². The van der Waals surface area contributed by atoms with Crippen molar-refractivity contribution >= 4 is 33.4 Å². The van der Waals surface area contributed by atoms with Crippen LogP contribution in [-0.2, 0) is 32.3 Å². The van der Waals surface area contributed by atoms with E-state index in [0.717, 1.165) is 53.6 Å². The van der Waals surface area contributed by atoms with Crippen molar-refractivity contribution in [2.24, 2.45) is 4.99 Å². The van der Waals surface area contributed by atoms with Crippen LogP contribution in [0.3, 0.4) is 0 Å². The second-order valence-electron chi connectivity index (χ2n) is 11.5. The van der Waals surface area contributed by atoms with Crippen molar-refractivity contribution in [3.8, 4) is 0 Å². The molecule has 9 nitrogen and oxygen atoms in total. The molecule has 0 aliphatic carbocycles. The van der Waals surface area contributed by atoms with Gasteiger partial charge in [0.1, 0.15) is 5.82 Å². The van der Waals surface area contributed by atoms with Gasteiger partial charge in [-0.05, 0) is 74.9 Å². The second-order valence-corrected chi connectivity index (χ2v) is 13.0. The number of anilines is 1. The summed E-state index contributed by atoms with van der Waals surface area (Å²) in [6, 6.07) is 8.10. The Morgan fingerprint density at radius 1 is 1.05 bits per heavy atom. The Morgan fingerprint density at radius 3 is 2.52 bits per heavy atom. The van der Waals surface area contributed by atoms with Crippen LogP contribution < -0.4 is 9.47 Å². The van der Waals surface area contributed by atoms with Crippen molar-refractivity contribution < 1.29 is 27.4 Å². The van der Waals surface area contributed by atoms with Gasteiger partial charge in [-0.25, -0.2) is 9.55 Å². The normalized spacial score (nSPS) is 18.3. The van der Waals surface area contributed by atoms with Crippen molar-refractivity contribution in [2.75, 3.05) is 17.2 Å².